The molecule has 2 atom stereocenters. The molecule has 0 bridgehead atoms. The Hall–Kier alpha value is -1.72. The summed E-state index contributed by atoms with van der Waals surface area (Å²) in [5, 5.41) is 8.17. The molecule has 2 heterocycles. The van der Waals surface area contributed by atoms with Gasteiger partial charge in [-0.25, -0.2) is 4.68 Å². The number of nitrogens with two attached hydrogens (primary N) is 1. The number of rotatable bonds is 5. The Kier molecular flexibility index (Phi) is 4.62. The van der Waals surface area contributed by atoms with Crippen molar-refractivity contribution in [2.24, 2.45) is 5.73 Å². The van der Waals surface area contributed by atoms with Gasteiger partial charge in [0.25, 0.3) is 0 Å². The predicted octanol–water partition coefficient (Wildman–Crippen LogP) is 2.62. The van der Waals surface area contributed by atoms with Gasteiger partial charge in [0.05, 0.1) is 23.7 Å². The lowest BCUT2D eigenvalue weighted by molar-refractivity contribution is 0.00904. The smallest absolute Gasteiger partial charge is 0.0813 e. The van der Waals surface area contributed by atoms with E-state index in [9.17, 15) is 0 Å². The highest BCUT2D eigenvalue weighted by Crippen LogP contribution is 2.23. The van der Waals surface area contributed by atoms with Crippen LogP contribution < -0.4 is 5.73 Å². The van der Waals surface area contributed by atoms with E-state index in [1.807, 2.05) is 35.0 Å². The molecule has 0 amide bonds. The van der Waals surface area contributed by atoms with Crippen LogP contribution in [0.15, 0.2) is 36.5 Å². The number of ether oxygens (including phenoxy) is 1. The van der Waals surface area contributed by atoms with Crippen LogP contribution in [0.1, 0.15) is 43.8 Å². The quantitative estimate of drug-likeness (QED) is 0.917. The van der Waals surface area contributed by atoms with Crippen molar-refractivity contribution >= 4 is 0 Å². The van der Waals surface area contributed by atoms with Gasteiger partial charge in [0, 0.05) is 12.6 Å². The topological polar surface area (TPSA) is 66.0 Å². The zero-order chi connectivity index (χ0) is 14.5. The Morgan fingerprint density at radius 3 is 2.90 bits per heavy atom. The summed E-state index contributed by atoms with van der Waals surface area (Å²) in [6.07, 6.45) is 7.64. The van der Waals surface area contributed by atoms with Crippen LogP contribution in [-0.4, -0.2) is 27.7 Å². The molecule has 1 aliphatic heterocycles. The zero-order valence-electron chi connectivity index (χ0n) is 12.2. The van der Waals surface area contributed by atoms with Crippen LogP contribution in [0, 0.1) is 0 Å². The predicted molar refractivity (Wildman–Crippen MR) is 81.1 cm³/mol. The Bertz CT molecular complexity index is 548. The molecular weight excluding hydrogens is 264 g/mol. The van der Waals surface area contributed by atoms with Crippen molar-refractivity contribution in [2.75, 3.05) is 6.61 Å². The Labute approximate surface area is 125 Å². The zero-order valence-corrected chi connectivity index (χ0v) is 12.2. The molecule has 3 rings (SSSR count). The molecule has 5 nitrogen and oxygen atoms in total. The van der Waals surface area contributed by atoms with Crippen LogP contribution in [0.2, 0.25) is 0 Å². The summed E-state index contributed by atoms with van der Waals surface area (Å²) >= 11 is 0. The molecule has 1 aliphatic rings. The molecule has 2 N–H and O–H groups in total. The number of hydrogen-bond acceptors (Lipinski definition) is 4. The van der Waals surface area contributed by atoms with Crippen molar-refractivity contribution in [3.63, 3.8) is 0 Å². The third-order valence-electron chi connectivity index (χ3n) is 4.03. The van der Waals surface area contributed by atoms with Crippen LogP contribution in [0.5, 0.6) is 0 Å². The number of para-hydroxylation sites is 1. The van der Waals surface area contributed by atoms with Crippen molar-refractivity contribution in [1.82, 2.24) is 15.0 Å². The van der Waals surface area contributed by atoms with Crippen LogP contribution in [0.3, 0.4) is 0 Å². The molecule has 1 saturated heterocycles. The fourth-order valence-corrected chi connectivity index (χ4v) is 2.81. The summed E-state index contributed by atoms with van der Waals surface area (Å²) in [6.45, 7) is 0.892. The van der Waals surface area contributed by atoms with E-state index in [0.717, 1.165) is 37.3 Å². The third-order valence-corrected chi connectivity index (χ3v) is 4.03. The first kappa shape index (κ1) is 14.2. The van der Waals surface area contributed by atoms with Gasteiger partial charge in [0.2, 0.25) is 0 Å². The molecule has 2 aromatic rings. The largest absolute Gasteiger partial charge is 0.378 e. The normalized spacial score (nSPS) is 20.3. The molecule has 0 saturated carbocycles. The lowest BCUT2D eigenvalue weighted by Crippen LogP contribution is -2.22. The van der Waals surface area contributed by atoms with Crippen LogP contribution >= 0.6 is 0 Å². The maximum atomic E-state index is 6.34. The Morgan fingerprint density at radius 2 is 2.14 bits per heavy atom. The molecule has 2 unspecified atom stereocenters. The Balaban J connectivity index is 1.65. The molecule has 1 fully saturated rings. The molecular formula is C16H22N4O. The first-order valence-electron chi connectivity index (χ1n) is 7.68. The average Bonchev–Trinajstić information content (AvgIpc) is 3.04. The van der Waals surface area contributed by atoms with Gasteiger partial charge >= 0.3 is 0 Å². The summed E-state index contributed by atoms with van der Waals surface area (Å²) < 4.78 is 7.59. The minimum absolute atomic E-state index is 0.0641. The summed E-state index contributed by atoms with van der Waals surface area (Å²) in [5.74, 6) is 0. The molecule has 21 heavy (non-hydrogen) atoms. The second-order valence-electron chi connectivity index (χ2n) is 5.58. The second kappa shape index (κ2) is 6.83. The van der Waals surface area contributed by atoms with Crippen molar-refractivity contribution < 1.29 is 4.74 Å². The standard InChI is InChI=1S/C16H22N4O/c17-15(10-9-14-8-4-5-11-21-14)16-12-18-19-20(16)13-6-2-1-3-7-13/h1-3,6-7,12,14-15H,4-5,8-11,17H2. The van der Waals surface area contributed by atoms with E-state index >= 15 is 0 Å². The van der Waals surface area contributed by atoms with Gasteiger partial charge in [0.1, 0.15) is 0 Å². The fraction of sp³-hybridized carbons (Fsp3) is 0.500. The maximum Gasteiger partial charge on any atom is 0.0813 e. The monoisotopic (exact) mass is 286 g/mol. The van der Waals surface area contributed by atoms with E-state index < -0.39 is 0 Å². The van der Waals surface area contributed by atoms with E-state index in [0.29, 0.717) is 6.10 Å². The first-order chi connectivity index (χ1) is 10.3. The van der Waals surface area contributed by atoms with Crippen LogP contribution in [-0.2, 0) is 4.74 Å². The van der Waals surface area contributed by atoms with Gasteiger partial charge < -0.3 is 10.5 Å². The van der Waals surface area contributed by atoms with Crippen molar-refractivity contribution in [3.05, 3.63) is 42.2 Å². The van der Waals surface area contributed by atoms with Gasteiger partial charge in [-0.1, -0.05) is 23.4 Å². The van der Waals surface area contributed by atoms with Gasteiger partial charge in [0.15, 0.2) is 0 Å². The third kappa shape index (κ3) is 3.49. The van der Waals surface area contributed by atoms with Crippen molar-refractivity contribution in [3.8, 4) is 5.69 Å². The minimum atomic E-state index is -0.0641. The molecule has 1 aromatic heterocycles. The van der Waals surface area contributed by atoms with Gasteiger partial charge in [-0.15, -0.1) is 5.10 Å². The van der Waals surface area contributed by atoms with Gasteiger partial charge in [-0.3, -0.25) is 0 Å². The van der Waals surface area contributed by atoms with Crippen LogP contribution in [0.4, 0.5) is 0 Å². The maximum absolute atomic E-state index is 6.34. The highest BCUT2D eigenvalue weighted by molar-refractivity contribution is 5.32. The number of nitrogens with zero attached hydrogens (tertiary/aromatic N) is 3. The fourth-order valence-electron chi connectivity index (χ4n) is 2.81. The summed E-state index contributed by atoms with van der Waals surface area (Å²) in [5.41, 5.74) is 8.29. The summed E-state index contributed by atoms with van der Waals surface area (Å²) in [4.78, 5) is 0. The number of aromatic nitrogens is 3. The molecule has 1 aromatic carbocycles. The number of hydrogen-bond donors (Lipinski definition) is 1. The number of benzene rings is 1. The highest BCUT2D eigenvalue weighted by Gasteiger charge is 2.18. The average molecular weight is 286 g/mol. The van der Waals surface area contributed by atoms with Crippen molar-refractivity contribution in [2.45, 2.75) is 44.2 Å². The highest BCUT2D eigenvalue weighted by atomic mass is 16.5. The minimum Gasteiger partial charge on any atom is -0.378 e. The molecule has 0 aliphatic carbocycles. The Morgan fingerprint density at radius 1 is 1.29 bits per heavy atom. The summed E-state index contributed by atoms with van der Waals surface area (Å²) in [7, 11) is 0. The SMILES string of the molecule is NC(CCC1CCCCO1)c1cnnn1-c1ccccc1. The van der Waals surface area contributed by atoms with E-state index in [1.165, 1.54) is 12.8 Å². The van der Waals surface area contributed by atoms with Crippen LogP contribution in [0.25, 0.3) is 5.69 Å². The molecule has 112 valence electrons. The molecule has 0 radical (unpaired) electrons. The van der Waals surface area contributed by atoms with E-state index in [-0.39, 0.29) is 6.04 Å². The lowest BCUT2D eigenvalue weighted by atomic mass is 10.0. The van der Waals surface area contributed by atoms with E-state index in [1.54, 1.807) is 6.20 Å². The lowest BCUT2D eigenvalue weighted by Gasteiger charge is -2.23. The van der Waals surface area contributed by atoms with Gasteiger partial charge in [-0.2, -0.15) is 0 Å². The first-order valence-corrected chi connectivity index (χ1v) is 7.68. The van der Waals surface area contributed by atoms with Gasteiger partial charge in [-0.05, 0) is 44.2 Å². The summed E-state index contributed by atoms with van der Waals surface area (Å²) in [6, 6.07) is 9.92. The second-order valence-corrected chi connectivity index (χ2v) is 5.58. The van der Waals surface area contributed by atoms with Crippen molar-refractivity contribution in [1.29, 1.82) is 0 Å². The van der Waals surface area contributed by atoms with E-state index in [4.69, 9.17) is 10.5 Å². The molecule has 0 spiro atoms. The molecule has 5 heteroatoms. The van der Waals surface area contributed by atoms with E-state index in [2.05, 4.69) is 10.3 Å².